The van der Waals surface area contributed by atoms with E-state index in [0.717, 1.165) is 42.3 Å². The van der Waals surface area contributed by atoms with E-state index in [0.29, 0.717) is 12.0 Å². The zero-order chi connectivity index (χ0) is 16.8. The van der Waals surface area contributed by atoms with Crippen molar-refractivity contribution in [3.63, 3.8) is 0 Å². The number of nitrogens with zero attached hydrogens (tertiary/aromatic N) is 1. The average molecular weight is 330 g/mol. The molecule has 3 nitrogen and oxygen atoms in total. The molecule has 0 saturated carbocycles. The van der Waals surface area contributed by atoms with Gasteiger partial charge in [-0.1, -0.05) is 24.3 Å². The summed E-state index contributed by atoms with van der Waals surface area (Å²) in [6.45, 7) is 0.882. The van der Waals surface area contributed by atoms with Gasteiger partial charge in [0.2, 0.25) is 0 Å². The van der Waals surface area contributed by atoms with E-state index < -0.39 is 0 Å². The molecule has 2 aliphatic rings. The molecule has 1 fully saturated rings. The highest BCUT2D eigenvalue weighted by molar-refractivity contribution is 5.98. The molecule has 2 heterocycles. The molecule has 1 aliphatic heterocycles. The van der Waals surface area contributed by atoms with Crippen molar-refractivity contribution < 1.29 is 4.79 Å². The van der Waals surface area contributed by atoms with E-state index in [4.69, 9.17) is 0 Å². The predicted octanol–water partition coefficient (Wildman–Crippen LogP) is 4.50. The molecule has 0 spiro atoms. The standard InChI is InChI=1S/C22H22N2O/c25-22(17-7-9-20-16(14-17)11-12-23-20)24-13-3-6-19-18-5-2-1-4-15(18)8-10-21(19)24/h1-2,4-5,7,9,11-12,14,19,21,23H,3,6,8,10,13H2/t19-,21+/m1/s1. The van der Waals surface area contributed by atoms with Crippen LogP contribution in [0.2, 0.25) is 0 Å². The Morgan fingerprint density at radius 2 is 2.00 bits per heavy atom. The molecule has 1 amide bonds. The van der Waals surface area contributed by atoms with E-state index in [9.17, 15) is 4.79 Å². The minimum Gasteiger partial charge on any atom is -0.361 e. The maximum absolute atomic E-state index is 13.2. The van der Waals surface area contributed by atoms with Gasteiger partial charge in [0.1, 0.15) is 0 Å². The second-order valence-corrected chi connectivity index (χ2v) is 7.33. The van der Waals surface area contributed by atoms with Gasteiger partial charge < -0.3 is 9.88 Å². The maximum Gasteiger partial charge on any atom is 0.254 e. The second kappa shape index (κ2) is 5.76. The lowest BCUT2D eigenvalue weighted by Gasteiger charge is -2.45. The lowest BCUT2D eigenvalue weighted by atomic mass is 9.74. The molecule has 5 rings (SSSR count). The van der Waals surface area contributed by atoms with Gasteiger partial charge in [0, 0.05) is 41.2 Å². The van der Waals surface area contributed by atoms with Crippen molar-refractivity contribution in [3.05, 3.63) is 71.4 Å². The number of aryl methyl sites for hydroxylation is 1. The smallest absolute Gasteiger partial charge is 0.254 e. The van der Waals surface area contributed by atoms with Gasteiger partial charge in [-0.25, -0.2) is 0 Å². The number of rotatable bonds is 1. The van der Waals surface area contributed by atoms with Gasteiger partial charge in [-0.15, -0.1) is 0 Å². The molecule has 0 unspecified atom stereocenters. The van der Waals surface area contributed by atoms with Crippen LogP contribution in [0, 0.1) is 0 Å². The largest absolute Gasteiger partial charge is 0.361 e. The molecule has 3 heteroatoms. The number of piperidine rings is 1. The first-order valence-corrected chi connectivity index (χ1v) is 9.27. The number of nitrogens with one attached hydrogen (secondary N) is 1. The van der Waals surface area contributed by atoms with Crippen molar-refractivity contribution in [3.8, 4) is 0 Å². The van der Waals surface area contributed by atoms with Crippen LogP contribution in [0.25, 0.3) is 10.9 Å². The first-order chi connectivity index (χ1) is 12.3. The summed E-state index contributed by atoms with van der Waals surface area (Å²) in [5.41, 5.74) is 4.84. The van der Waals surface area contributed by atoms with Crippen molar-refractivity contribution in [1.82, 2.24) is 9.88 Å². The van der Waals surface area contributed by atoms with Crippen LogP contribution in [0.3, 0.4) is 0 Å². The Morgan fingerprint density at radius 3 is 2.96 bits per heavy atom. The number of hydrogen-bond donors (Lipinski definition) is 1. The summed E-state index contributed by atoms with van der Waals surface area (Å²) < 4.78 is 0. The zero-order valence-corrected chi connectivity index (χ0v) is 14.2. The molecule has 1 saturated heterocycles. The van der Waals surface area contributed by atoms with Gasteiger partial charge in [-0.05, 0) is 61.1 Å². The molecule has 1 aliphatic carbocycles. The number of likely N-dealkylation sites (tertiary alicyclic amines) is 1. The molecule has 1 N–H and O–H groups in total. The highest BCUT2D eigenvalue weighted by Gasteiger charge is 2.38. The monoisotopic (exact) mass is 330 g/mol. The summed E-state index contributed by atoms with van der Waals surface area (Å²) in [6.07, 6.45) is 6.38. The van der Waals surface area contributed by atoms with E-state index in [2.05, 4.69) is 34.1 Å². The lowest BCUT2D eigenvalue weighted by molar-refractivity contribution is 0.0547. The summed E-state index contributed by atoms with van der Waals surface area (Å²) in [7, 11) is 0. The third-order valence-corrected chi connectivity index (χ3v) is 6.00. The number of amides is 1. The van der Waals surface area contributed by atoms with Crippen molar-refractivity contribution in [2.24, 2.45) is 0 Å². The Bertz CT molecular complexity index is 942. The Labute approximate surface area is 147 Å². The third kappa shape index (κ3) is 2.38. The molecule has 1 aromatic heterocycles. The average Bonchev–Trinajstić information content (AvgIpc) is 3.14. The molecule has 2 atom stereocenters. The highest BCUT2D eigenvalue weighted by atomic mass is 16.2. The van der Waals surface area contributed by atoms with E-state index >= 15 is 0 Å². The Hall–Kier alpha value is -2.55. The third-order valence-electron chi connectivity index (χ3n) is 6.00. The van der Waals surface area contributed by atoms with Crippen LogP contribution in [0.4, 0.5) is 0 Å². The Kier molecular flexibility index (Phi) is 3.40. The van der Waals surface area contributed by atoms with Gasteiger partial charge >= 0.3 is 0 Å². The Balaban J connectivity index is 1.48. The van der Waals surface area contributed by atoms with Gasteiger partial charge in [0.05, 0.1) is 0 Å². The summed E-state index contributed by atoms with van der Waals surface area (Å²) in [5.74, 6) is 0.691. The number of carbonyl (C=O) groups is 1. The van der Waals surface area contributed by atoms with Gasteiger partial charge in [-0.2, -0.15) is 0 Å². The number of carbonyl (C=O) groups excluding carboxylic acids is 1. The van der Waals surface area contributed by atoms with Crippen LogP contribution in [0.15, 0.2) is 54.7 Å². The number of hydrogen-bond acceptors (Lipinski definition) is 1. The van der Waals surface area contributed by atoms with Gasteiger partial charge in [0.15, 0.2) is 0 Å². The number of H-pyrrole nitrogens is 1. The molecule has 0 bridgehead atoms. The van der Waals surface area contributed by atoms with Gasteiger partial charge in [-0.3, -0.25) is 4.79 Å². The summed E-state index contributed by atoms with van der Waals surface area (Å²) in [6, 6.07) is 17.2. The number of fused-ring (bicyclic) bond motifs is 4. The molecule has 3 aromatic rings. The van der Waals surface area contributed by atoms with Crippen LogP contribution in [-0.2, 0) is 6.42 Å². The molecular formula is C22H22N2O. The molecule has 0 radical (unpaired) electrons. The first kappa shape index (κ1) is 14.8. The normalized spacial score (nSPS) is 22.5. The lowest BCUT2D eigenvalue weighted by Crippen LogP contribution is -2.49. The topological polar surface area (TPSA) is 36.1 Å². The molecule has 2 aromatic carbocycles. The molecule has 126 valence electrons. The van der Waals surface area contributed by atoms with E-state index in [-0.39, 0.29) is 5.91 Å². The number of benzene rings is 2. The van der Waals surface area contributed by atoms with Crippen LogP contribution >= 0.6 is 0 Å². The van der Waals surface area contributed by atoms with E-state index in [1.165, 1.54) is 17.5 Å². The Morgan fingerprint density at radius 1 is 1.08 bits per heavy atom. The number of aromatic amines is 1. The van der Waals surface area contributed by atoms with Crippen molar-refractivity contribution in [1.29, 1.82) is 0 Å². The minimum absolute atomic E-state index is 0.192. The second-order valence-electron chi connectivity index (χ2n) is 7.33. The SMILES string of the molecule is O=C(c1ccc2[nH]ccc2c1)N1CCC[C@@H]2c3ccccc3CC[C@@H]21. The highest BCUT2D eigenvalue weighted by Crippen LogP contribution is 2.41. The zero-order valence-electron chi connectivity index (χ0n) is 14.2. The summed E-state index contributed by atoms with van der Waals surface area (Å²) in [5, 5.41) is 1.10. The fourth-order valence-electron chi connectivity index (χ4n) is 4.81. The van der Waals surface area contributed by atoms with Crippen molar-refractivity contribution in [2.45, 2.75) is 37.6 Å². The molecular weight excluding hydrogens is 308 g/mol. The maximum atomic E-state index is 13.2. The predicted molar refractivity (Wildman–Crippen MR) is 99.9 cm³/mol. The van der Waals surface area contributed by atoms with Gasteiger partial charge in [0.25, 0.3) is 5.91 Å². The first-order valence-electron chi connectivity index (χ1n) is 9.27. The fourth-order valence-corrected chi connectivity index (χ4v) is 4.81. The quantitative estimate of drug-likeness (QED) is 0.700. The van der Waals surface area contributed by atoms with Crippen LogP contribution in [0.5, 0.6) is 0 Å². The molecule has 25 heavy (non-hydrogen) atoms. The fraction of sp³-hybridized carbons (Fsp3) is 0.318. The summed E-state index contributed by atoms with van der Waals surface area (Å²) >= 11 is 0. The van der Waals surface area contributed by atoms with E-state index in [1.807, 2.05) is 30.5 Å². The number of aromatic nitrogens is 1. The van der Waals surface area contributed by atoms with Crippen LogP contribution in [0.1, 0.15) is 46.7 Å². The van der Waals surface area contributed by atoms with Crippen molar-refractivity contribution >= 4 is 16.8 Å². The van der Waals surface area contributed by atoms with E-state index in [1.54, 1.807) is 0 Å². The summed E-state index contributed by atoms with van der Waals surface area (Å²) in [4.78, 5) is 18.6. The van der Waals surface area contributed by atoms with Crippen molar-refractivity contribution in [2.75, 3.05) is 6.54 Å². The van der Waals surface area contributed by atoms with Crippen LogP contribution < -0.4 is 0 Å². The van der Waals surface area contributed by atoms with Crippen LogP contribution in [-0.4, -0.2) is 28.4 Å². The minimum atomic E-state index is 0.192.